The van der Waals surface area contributed by atoms with Gasteiger partial charge in [0.05, 0.1) is 6.61 Å². The molecule has 2 rings (SSSR count). The Kier molecular flexibility index (Phi) is 12.6. The van der Waals surface area contributed by atoms with Crippen LogP contribution in [0, 0.1) is 0 Å². The number of nitrogens with one attached hydrogen (secondary N) is 3. The summed E-state index contributed by atoms with van der Waals surface area (Å²) in [5.74, 6) is 1.62. The number of ether oxygens (including phenoxy) is 1. The molecule has 0 spiro atoms. The quantitative estimate of drug-likeness (QED) is 0.253. The van der Waals surface area contributed by atoms with Crippen LogP contribution in [-0.4, -0.2) is 45.7 Å². The highest BCUT2D eigenvalue weighted by molar-refractivity contribution is 14.0. The van der Waals surface area contributed by atoms with E-state index in [0.717, 1.165) is 56.2 Å². The summed E-state index contributed by atoms with van der Waals surface area (Å²) >= 11 is 0. The number of halogens is 1. The highest BCUT2D eigenvalue weighted by atomic mass is 127. The fourth-order valence-electron chi connectivity index (χ4n) is 2.89. The van der Waals surface area contributed by atoms with Crippen LogP contribution in [0.2, 0.25) is 0 Å². The summed E-state index contributed by atoms with van der Waals surface area (Å²) in [7, 11) is 3.40. The first-order valence-corrected chi connectivity index (χ1v) is 10.1. The Balaban J connectivity index is 0.00000450. The van der Waals surface area contributed by atoms with Gasteiger partial charge >= 0.3 is 0 Å². The van der Waals surface area contributed by atoms with Crippen molar-refractivity contribution in [2.75, 3.05) is 33.8 Å². The second-order valence-corrected chi connectivity index (χ2v) is 6.70. The molecule has 0 heterocycles. The summed E-state index contributed by atoms with van der Waals surface area (Å²) in [4.78, 5) is 16.0. The molecule has 0 aliphatic rings. The van der Waals surface area contributed by atoms with Crippen molar-refractivity contribution in [3.8, 4) is 5.75 Å². The van der Waals surface area contributed by atoms with Crippen LogP contribution in [0.15, 0.2) is 53.5 Å². The van der Waals surface area contributed by atoms with Crippen LogP contribution in [-0.2, 0) is 12.8 Å². The third kappa shape index (κ3) is 9.02. The van der Waals surface area contributed by atoms with Crippen molar-refractivity contribution in [1.82, 2.24) is 16.0 Å². The zero-order valence-corrected chi connectivity index (χ0v) is 20.4. The maximum atomic E-state index is 11.7. The number of carbonyl (C=O) groups is 1. The van der Waals surface area contributed by atoms with Gasteiger partial charge in [0, 0.05) is 32.7 Å². The predicted octanol–water partition coefficient (Wildman–Crippen LogP) is 3.40. The van der Waals surface area contributed by atoms with Crippen LogP contribution in [0.5, 0.6) is 5.75 Å². The summed E-state index contributed by atoms with van der Waals surface area (Å²) in [5, 5.41) is 9.31. The molecule has 3 N–H and O–H groups in total. The maximum Gasteiger partial charge on any atom is 0.251 e. The normalized spacial score (nSPS) is 10.7. The van der Waals surface area contributed by atoms with Crippen molar-refractivity contribution in [1.29, 1.82) is 0 Å². The standard InChI is InChI=1S/C23H32N4O2.HI/c1-4-15-29-21-10-6-8-19(17-21)12-14-27-23(25-3)26-13-11-18-7-5-9-20(16-18)22(28)24-2;/h5-10,16-17H,4,11-15H2,1-3H3,(H,24,28)(H2,25,26,27);1H. The van der Waals surface area contributed by atoms with Crippen molar-refractivity contribution in [3.63, 3.8) is 0 Å². The van der Waals surface area contributed by atoms with Gasteiger partial charge in [-0.1, -0.05) is 31.2 Å². The first-order chi connectivity index (χ1) is 14.2. The zero-order valence-electron chi connectivity index (χ0n) is 18.0. The smallest absolute Gasteiger partial charge is 0.251 e. The third-order valence-electron chi connectivity index (χ3n) is 4.42. The van der Waals surface area contributed by atoms with Gasteiger partial charge in [0.25, 0.3) is 5.91 Å². The first kappa shape index (κ1) is 25.7. The predicted molar refractivity (Wildman–Crippen MR) is 134 cm³/mol. The molecular weight excluding hydrogens is 491 g/mol. The maximum absolute atomic E-state index is 11.7. The zero-order chi connectivity index (χ0) is 20.9. The molecule has 0 unspecified atom stereocenters. The summed E-state index contributed by atoms with van der Waals surface area (Å²) in [6.45, 7) is 4.36. The SMILES string of the molecule is CCCOc1cccc(CCNC(=NC)NCCc2cccc(C(=O)NC)c2)c1.I. The van der Waals surface area contributed by atoms with Crippen LogP contribution < -0.4 is 20.7 Å². The highest BCUT2D eigenvalue weighted by Gasteiger charge is 2.04. The lowest BCUT2D eigenvalue weighted by Gasteiger charge is -2.13. The number of carbonyl (C=O) groups excluding carboxylic acids is 1. The number of guanidine groups is 1. The van der Waals surface area contributed by atoms with E-state index in [1.165, 1.54) is 5.56 Å². The minimum atomic E-state index is -0.0681. The van der Waals surface area contributed by atoms with Gasteiger partial charge in [-0.05, 0) is 54.7 Å². The van der Waals surface area contributed by atoms with Crippen LogP contribution in [0.25, 0.3) is 0 Å². The highest BCUT2D eigenvalue weighted by Crippen LogP contribution is 2.13. The Morgan fingerprint density at radius 3 is 2.23 bits per heavy atom. The van der Waals surface area contributed by atoms with Crippen molar-refractivity contribution < 1.29 is 9.53 Å². The van der Waals surface area contributed by atoms with Gasteiger partial charge in [0.2, 0.25) is 0 Å². The van der Waals surface area contributed by atoms with Crippen molar-refractivity contribution in [2.24, 2.45) is 4.99 Å². The van der Waals surface area contributed by atoms with Gasteiger partial charge in [0.1, 0.15) is 5.75 Å². The lowest BCUT2D eigenvalue weighted by Crippen LogP contribution is -2.39. The van der Waals surface area contributed by atoms with E-state index in [1.807, 2.05) is 36.4 Å². The molecule has 0 fully saturated rings. The number of amides is 1. The number of benzene rings is 2. The Hall–Kier alpha value is -2.29. The average Bonchev–Trinajstić information content (AvgIpc) is 2.76. The molecule has 0 atom stereocenters. The van der Waals surface area contributed by atoms with E-state index in [0.29, 0.717) is 5.56 Å². The fraction of sp³-hybridized carbons (Fsp3) is 0.391. The first-order valence-electron chi connectivity index (χ1n) is 10.1. The van der Waals surface area contributed by atoms with Crippen molar-refractivity contribution in [3.05, 3.63) is 65.2 Å². The number of nitrogens with zero attached hydrogens (tertiary/aromatic N) is 1. The topological polar surface area (TPSA) is 74.8 Å². The average molecular weight is 524 g/mol. The van der Waals surface area contributed by atoms with Gasteiger partial charge in [-0.3, -0.25) is 9.79 Å². The molecule has 7 heteroatoms. The van der Waals surface area contributed by atoms with Crippen molar-refractivity contribution >= 4 is 35.8 Å². The number of hydrogen-bond acceptors (Lipinski definition) is 3. The van der Waals surface area contributed by atoms with Gasteiger partial charge in [0.15, 0.2) is 5.96 Å². The van der Waals surface area contributed by atoms with Gasteiger partial charge in [-0.15, -0.1) is 24.0 Å². The molecule has 0 bridgehead atoms. The van der Waals surface area contributed by atoms with Gasteiger partial charge in [-0.2, -0.15) is 0 Å². The minimum Gasteiger partial charge on any atom is -0.494 e. The number of aliphatic imine (C=N–C) groups is 1. The summed E-state index contributed by atoms with van der Waals surface area (Å²) in [5.41, 5.74) is 3.02. The fourth-order valence-corrected chi connectivity index (χ4v) is 2.89. The molecule has 2 aromatic carbocycles. The minimum absolute atomic E-state index is 0. The Bertz CT molecular complexity index is 811. The van der Waals surface area contributed by atoms with Crippen LogP contribution in [0.3, 0.4) is 0 Å². The van der Waals surface area contributed by atoms with E-state index in [-0.39, 0.29) is 29.9 Å². The van der Waals surface area contributed by atoms with E-state index < -0.39 is 0 Å². The van der Waals surface area contributed by atoms with Crippen LogP contribution in [0.1, 0.15) is 34.8 Å². The molecule has 30 heavy (non-hydrogen) atoms. The van der Waals surface area contributed by atoms with E-state index in [9.17, 15) is 4.79 Å². The second-order valence-electron chi connectivity index (χ2n) is 6.70. The summed E-state index contributed by atoms with van der Waals surface area (Å²) in [6.07, 6.45) is 2.70. The molecule has 2 aromatic rings. The molecule has 0 saturated carbocycles. The van der Waals surface area contributed by atoms with E-state index in [2.05, 4.69) is 40.0 Å². The molecule has 0 aromatic heterocycles. The Morgan fingerprint density at radius 2 is 1.63 bits per heavy atom. The second kappa shape index (κ2) is 14.7. The molecular formula is C23H33IN4O2. The lowest BCUT2D eigenvalue weighted by atomic mass is 10.1. The van der Waals surface area contributed by atoms with E-state index >= 15 is 0 Å². The molecule has 0 aliphatic heterocycles. The van der Waals surface area contributed by atoms with Crippen molar-refractivity contribution in [2.45, 2.75) is 26.2 Å². The molecule has 0 radical (unpaired) electrons. The van der Waals surface area contributed by atoms with E-state index in [4.69, 9.17) is 4.74 Å². The molecule has 0 aliphatic carbocycles. The summed E-state index contributed by atoms with van der Waals surface area (Å²) < 4.78 is 5.69. The number of hydrogen-bond donors (Lipinski definition) is 3. The van der Waals surface area contributed by atoms with E-state index in [1.54, 1.807) is 14.1 Å². The van der Waals surface area contributed by atoms with Crippen LogP contribution >= 0.6 is 24.0 Å². The van der Waals surface area contributed by atoms with Crippen LogP contribution in [0.4, 0.5) is 0 Å². The molecule has 1 amide bonds. The monoisotopic (exact) mass is 524 g/mol. The molecule has 6 nitrogen and oxygen atoms in total. The third-order valence-corrected chi connectivity index (χ3v) is 4.42. The largest absolute Gasteiger partial charge is 0.494 e. The molecule has 164 valence electrons. The Morgan fingerprint density at radius 1 is 1.00 bits per heavy atom. The van der Waals surface area contributed by atoms with Gasteiger partial charge < -0.3 is 20.7 Å². The summed E-state index contributed by atoms with van der Waals surface area (Å²) in [6, 6.07) is 15.9. The lowest BCUT2D eigenvalue weighted by molar-refractivity contribution is 0.0963. The Labute approximate surface area is 196 Å². The molecule has 0 saturated heterocycles. The van der Waals surface area contributed by atoms with Gasteiger partial charge in [-0.25, -0.2) is 0 Å². The number of rotatable bonds is 10.